The van der Waals surface area contributed by atoms with Gasteiger partial charge < -0.3 is 14.9 Å². The van der Waals surface area contributed by atoms with E-state index in [1.54, 1.807) is 7.11 Å². The van der Waals surface area contributed by atoms with Crippen molar-refractivity contribution in [3.63, 3.8) is 0 Å². The van der Waals surface area contributed by atoms with Crippen molar-refractivity contribution in [2.24, 2.45) is 0 Å². The summed E-state index contributed by atoms with van der Waals surface area (Å²) in [5.74, 6) is 0. The average molecular weight is 162 g/mol. The molecule has 11 heavy (non-hydrogen) atoms. The summed E-state index contributed by atoms with van der Waals surface area (Å²) in [6.45, 7) is -0.250. The quantitative estimate of drug-likeness (QED) is 0.623. The number of aliphatic hydroxyl groups excluding tert-OH is 2. The van der Waals surface area contributed by atoms with E-state index in [2.05, 4.69) is 0 Å². The highest BCUT2D eigenvalue weighted by atomic mass is 16.5. The SMILES string of the molecule is COC1CCCC1.OCCO. The fourth-order valence-electron chi connectivity index (χ4n) is 1.12. The Bertz CT molecular complexity index is 67.7. The van der Waals surface area contributed by atoms with Gasteiger partial charge in [0, 0.05) is 7.11 Å². The minimum Gasteiger partial charge on any atom is -0.394 e. The van der Waals surface area contributed by atoms with Gasteiger partial charge in [-0.2, -0.15) is 0 Å². The van der Waals surface area contributed by atoms with Crippen molar-refractivity contribution in [1.82, 2.24) is 0 Å². The van der Waals surface area contributed by atoms with Crippen LogP contribution in [0, 0.1) is 0 Å². The normalized spacial score (nSPS) is 17.7. The van der Waals surface area contributed by atoms with Crippen LogP contribution in [0.25, 0.3) is 0 Å². The lowest BCUT2D eigenvalue weighted by Crippen LogP contribution is -2.01. The molecule has 1 saturated carbocycles. The highest BCUT2D eigenvalue weighted by Crippen LogP contribution is 2.19. The number of methoxy groups -OCH3 is 1. The second-order valence-electron chi connectivity index (χ2n) is 2.59. The molecule has 3 heteroatoms. The van der Waals surface area contributed by atoms with E-state index in [1.165, 1.54) is 25.7 Å². The Morgan fingerprint density at radius 2 is 1.64 bits per heavy atom. The summed E-state index contributed by atoms with van der Waals surface area (Å²) in [5, 5.41) is 15.2. The predicted octanol–water partition coefficient (Wildman–Crippen LogP) is 0.546. The zero-order valence-electron chi connectivity index (χ0n) is 7.12. The topological polar surface area (TPSA) is 49.7 Å². The van der Waals surface area contributed by atoms with Crippen molar-refractivity contribution in [1.29, 1.82) is 0 Å². The molecule has 0 unspecified atom stereocenters. The maximum Gasteiger partial charge on any atom is 0.0662 e. The molecule has 0 aromatic carbocycles. The predicted molar refractivity (Wildman–Crippen MR) is 43.4 cm³/mol. The Labute approximate surface area is 68.0 Å². The van der Waals surface area contributed by atoms with Crippen LogP contribution in [0.2, 0.25) is 0 Å². The molecule has 0 aromatic heterocycles. The standard InChI is InChI=1S/C6H12O.C2H6O2/c1-7-6-4-2-3-5-6;3-1-2-4/h6H,2-5H2,1H3;3-4H,1-2H2. The highest BCUT2D eigenvalue weighted by Gasteiger charge is 2.12. The molecule has 68 valence electrons. The lowest BCUT2D eigenvalue weighted by atomic mass is 10.3. The number of ether oxygens (including phenoxy) is 1. The van der Waals surface area contributed by atoms with E-state index < -0.39 is 0 Å². The largest absolute Gasteiger partial charge is 0.394 e. The first-order valence-corrected chi connectivity index (χ1v) is 4.09. The molecule has 2 N–H and O–H groups in total. The summed E-state index contributed by atoms with van der Waals surface area (Å²) in [7, 11) is 1.80. The van der Waals surface area contributed by atoms with E-state index in [-0.39, 0.29) is 13.2 Å². The Morgan fingerprint density at radius 3 is 1.82 bits per heavy atom. The second-order valence-corrected chi connectivity index (χ2v) is 2.59. The number of aliphatic hydroxyl groups is 2. The van der Waals surface area contributed by atoms with E-state index in [9.17, 15) is 0 Å². The molecule has 1 fully saturated rings. The first-order chi connectivity index (χ1) is 5.35. The molecule has 0 bridgehead atoms. The van der Waals surface area contributed by atoms with Crippen LogP contribution in [0.4, 0.5) is 0 Å². The summed E-state index contributed by atoms with van der Waals surface area (Å²) in [4.78, 5) is 0. The zero-order chi connectivity index (χ0) is 8.53. The third-order valence-electron chi connectivity index (χ3n) is 1.74. The summed E-state index contributed by atoms with van der Waals surface area (Å²) < 4.78 is 5.11. The molecule has 0 radical (unpaired) electrons. The minimum atomic E-state index is -0.125. The third kappa shape index (κ3) is 6.28. The monoisotopic (exact) mass is 162 g/mol. The zero-order valence-corrected chi connectivity index (χ0v) is 7.12. The molecule has 0 saturated heterocycles. The van der Waals surface area contributed by atoms with Crippen molar-refractivity contribution in [2.45, 2.75) is 31.8 Å². The number of hydrogen-bond acceptors (Lipinski definition) is 3. The van der Waals surface area contributed by atoms with Gasteiger partial charge in [0.1, 0.15) is 0 Å². The lowest BCUT2D eigenvalue weighted by Gasteiger charge is -2.02. The van der Waals surface area contributed by atoms with E-state index in [4.69, 9.17) is 14.9 Å². The number of rotatable bonds is 2. The molecule has 3 nitrogen and oxygen atoms in total. The molecule has 0 spiro atoms. The van der Waals surface area contributed by atoms with Crippen LogP contribution in [0.1, 0.15) is 25.7 Å². The first kappa shape index (κ1) is 10.9. The molecule has 0 amide bonds. The van der Waals surface area contributed by atoms with Crippen LogP contribution in [0.3, 0.4) is 0 Å². The molecule has 0 heterocycles. The minimum absolute atomic E-state index is 0.125. The third-order valence-corrected chi connectivity index (χ3v) is 1.74. The maximum atomic E-state index is 7.62. The summed E-state index contributed by atoms with van der Waals surface area (Å²) in [6.07, 6.45) is 5.92. The molecule has 0 aromatic rings. The van der Waals surface area contributed by atoms with Crippen molar-refractivity contribution >= 4 is 0 Å². The molecule has 0 aliphatic heterocycles. The van der Waals surface area contributed by atoms with Gasteiger partial charge in [-0.15, -0.1) is 0 Å². The van der Waals surface area contributed by atoms with Gasteiger partial charge >= 0.3 is 0 Å². The summed E-state index contributed by atoms with van der Waals surface area (Å²) >= 11 is 0. The van der Waals surface area contributed by atoms with Crippen LogP contribution in [-0.2, 0) is 4.74 Å². The van der Waals surface area contributed by atoms with Crippen LogP contribution < -0.4 is 0 Å². The van der Waals surface area contributed by atoms with Crippen molar-refractivity contribution < 1.29 is 14.9 Å². The smallest absolute Gasteiger partial charge is 0.0662 e. The summed E-state index contributed by atoms with van der Waals surface area (Å²) in [6, 6.07) is 0. The van der Waals surface area contributed by atoms with Gasteiger partial charge in [0.05, 0.1) is 19.3 Å². The van der Waals surface area contributed by atoms with Crippen molar-refractivity contribution in [3.8, 4) is 0 Å². The van der Waals surface area contributed by atoms with Crippen molar-refractivity contribution in [3.05, 3.63) is 0 Å². The Morgan fingerprint density at radius 1 is 1.18 bits per heavy atom. The van der Waals surface area contributed by atoms with Gasteiger partial charge in [0.25, 0.3) is 0 Å². The Hall–Kier alpha value is -0.120. The van der Waals surface area contributed by atoms with Gasteiger partial charge in [-0.3, -0.25) is 0 Å². The molecular formula is C8H18O3. The Kier molecular flexibility index (Phi) is 7.89. The fraction of sp³-hybridized carbons (Fsp3) is 1.00. The molecule has 1 aliphatic carbocycles. The van der Waals surface area contributed by atoms with Crippen LogP contribution in [0.5, 0.6) is 0 Å². The van der Waals surface area contributed by atoms with Gasteiger partial charge in [-0.1, -0.05) is 12.8 Å². The molecular weight excluding hydrogens is 144 g/mol. The number of hydrogen-bond donors (Lipinski definition) is 2. The Balaban J connectivity index is 0.000000218. The van der Waals surface area contributed by atoms with Gasteiger partial charge in [0.2, 0.25) is 0 Å². The highest BCUT2D eigenvalue weighted by molar-refractivity contribution is 4.65. The second kappa shape index (κ2) is 7.98. The fourth-order valence-corrected chi connectivity index (χ4v) is 1.12. The van der Waals surface area contributed by atoms with Gasteiger partial charge in [-0.25, -0.2) is 0 Å². The van der Waals surface area contributed by atoms with Crippen LogP contribution in [-0.4, -0.2) is 36.6 Å². The average Bonchev–Trinajstić information content (AvgIpc) is 2.56. The molecule has 1 aliphatic rings. The van der Waals surface area contributed by atoms with Crippen LogP contribution in [0.15, 0.2) is 0 Å². The van der Waals surface area contributed by atoms with E-state index in [1.807, 2.05) is 0 Å². The maximum absolute atomic E-state index is 7.62. The van der Waals surface area contributed by atoms with E-state index in [0.29, 0.717) is 6.10 Å². The lowest BCUT2D eigenvalue weighted by molar-refractivity contribution is 0.109. The summed E-state index contributed by atoms with van der Waals surface area (Å²) in [5.41, 5.74) is 0. The molecule has 1 rings (SSSR count). The molecule has 0 atom stereocenters. The van der Waals surface area contributed by atoms with E-state index >= 15 is 0 Å². The van der Waals surface area contributed by atoms with Gasteiger partial charge in [0.15, 0.2) is 0 Å². The van der Waals surface area contributed by atoms with Gasteiger partial charge in [-0.05, 0) is 12.8 Å². The van der Waals surface area contributed by atoms with E-state index in [0.717, 1.165) is 0 Å². The van der Waals surface area contributed by atoms with Crippen molar-refractivity contribution in [2.75, 3.05) is 20.3 Å². The van der Waals surface area contributed by atoms with Crippen LogP contribution >= 0.6 is 0 Å². The first-order valence-electron chi connectivity index (χ1n) is 4.09.